The third kappa shape index (κ3) is 9.07. The maximum absolute atomic E-state index is 11.8. The van der Waals surface area contributed by atoms with Crippen molar-refractivity contribution in [2.24, 2.45) is 0 Å². The number of rotatable bonds is 14. The number of carbonyl (C=O) groups excluding carboxylic acids is 1. The van der Waals surface area contributed by atoms with Gasteiger partial charge in [-0.05, 0) is 25.5 Å². The molecule has 0 N–H and O–H groups in total. The average Bonchev–Trinajstić information content (AvgIpc) is 2.95. The number of hydrogen-bond donors (Lipinski definition) is 0. The smallest absolute Gasteiger partial charge is 0.197 e. The normalized spacial score (nSPS) is 11.0. The van der Waals surface area contributed by atoms with E-state index in [2.05, 4.69) is 6.92 Å². The quantitative estimate of drug-likeness (QED) is 0.277. The molecule has 0 aliphatic rings. The summed E-state index contributed by atoms with van der Waals surface area (Å²) in [7, 11) is 0. The lowest BCUT2D eigenvalue weighted by molar-refractivity contribution is 0.0951. The zero-order valence-electron chi connectivity index (χ0n) is 14.7. The molecule has 1 heterocycles. The summed E-state index contributed by atoms with van der Waals surface area (Å²) in [4.78, 5) is 11.8. The van der Waals surface area contributed by atoms with Crippen LogP contribution in [0.15, 0.2) is 16.5 Å². The van der Waals surface area contributed by atoms with Crippen LogP contribution in [0, 0.1) is 6.92 Å². The molecule has 0 unspecified atom stereocenters. The fraction of sp³-hybridized carbons (Fsp3) is 0.750. The Balaban J connectivity index is 1.84. The fourth-order valence-corrected chi connectivity index (χ4v) is 2.83. The minimum absolute atomic E-state index is 0.153. The third-order valence-corrected chi connectivity index (χ3v) is 4.27. The molecule has 0 fully saturated rings. The Morgan fingerprint density at radius 1 is 0.818 bits per heavy atom. The van der Waals surface area contributed by atoms with Crippen molar-refractivity contribution < 1.29 is 9.21 Å². The Kier molecular flexibility index (Phi) is 10.8. The van der Waals surface area contributed by atoms with Gasteiger partial charge in [-0.1, -0.05) is 77.6 Å². The monoisotopic (exact) mass is 306 g/mol. The van der Waals surface area contributed by atoms with Gasteiger partial charge >= 0.3 is 0 Å². The molecule has 0 saturated carbocycles. The van der Waals surface area contributed by atoms with Crippen molar-refractivity contribution in [1.29, 1.82) is 0 Å². The van der Waals surface area contributed by atoms with Crippen LogP contribution in [0.2, 0.25) is 0 Å². The summed E-state index contributed by atoms with van der Waals surface area (Å²) in [6.07, 6.45) is 16.5. The van der Waals surface area contributed by atoms with Gasteiger partial charge in [0.25, 0.3) is 0 Å². The number of hydrogen-bond acceptors (Lipinski definition) is 2. The highest BCUT2D eigenvalue weighted by Gasteiger charge is 2.09. The summed E-state index contributed by atoms with van der Waals surface area (Å²) in [6.45, 7) is 4.14. The lowest BCUT2D eigenvalue weighted by Gasteiger charge is -2.02. The molecular weight excluding hydrogens is 272 g/mol. The Morgan fingerprint density at radius 3 is 1.77 bits per heavy atom. The maximum atomic E-state index is 11.8. The van der Waals surface area contributed by atoms with Gasteiger partial charge in [-0.3, -0.25) is 4.79 Å². The van der Waals surface area contributed by atoms with Gasteiger partial charge < -0.3 is 4.42 Å². The molecule has 1 rings (SSSR count). The largest absolute Gasteiger partial charge is 0.458 e. The molecule has 2 nitrogen and oxygen atoms in total. The first-order valence-electron chi connectivity index (χ1n) is 9.33. The summed E-state index contributed by atoms with van der Waals surface area (Å²) < 4.78 is 5.35. The van der Waals surface area contributed by atoms with Crippen molar-refractivity contribution in [2.45, 2.75) is 97.3 Å². The second kappa shape index (κ2) is 12.5. The summed E-state index contributed by atoms with van der Waals surface area (Å²) >= 11 is 0. The second-order valence-electron chi connectivity index (χ2n) is 6.47. The van der Waals surface area contributed by atoms with E-state index in [0.29, 0.717) is 12.2 Å². The number of ketones is 1. The minimum atomic E-state index is 0.153. The highest BCUT2D eigenvalue weighted by atomic mass is 16.3. The van der Waals surface area contributed by atoms with Gasteiger partial charge in [-0.15, -0.1) is 0 Å². The van der Waals surface area contributed by atoms with Crippen molar-refractivity contribution in [3.05, 3.63) is 23.7 Å². The van der Waals surface area contributed by atoms with Gasteiger partial charge in [0.2, 0.25) is 0 Å². The number of unbranched alkanes of at least 4 members (excludes halogenated alkanes) is 11. The first-order chi connectivity index (χ1) is 10.7. The van der Waals surface area contributed by atoms with Crippen molar-refractivity contribution >= 4 is 5.78 Å². The molecule has 0 atom stereocenters. The Labute approximate surface area is 136 Å². The molecule has 126 valence electrons. The predicted molar refractivity (Wildman–Crippen MR) is 93.5 cm³/mol. The van der Waals surface area contributed by atoms with E-state index in [9.17, 15) is 4.79 Å². The molecule has 0 radical (unpaired) electrons. The van der Waals surface area contributed by atoms with Crippen LogP contribution >= 0.6 is 0 Å². The number of furan rings is 1. The molecule has 1 aromatic rings. The molecule has 0 amide bonds. The summed E-state index contributed by atoms with van der Waals surface area (Å²) in [5.74, 6) is 1.50. The Bertz CT molecular complexity index is 392. The van der Waals surface area contributed by atoms with E-state index in [0.717, 1.165) is 12.2 Å². The van der Waals surface area contributed by atoms with Gasteiger partial charge in [0.05, 0.1) is 0 Å². The van der Waals surface area contributed by atoms with Gasteiger partial charge in [0.1, 0.15) is 5.76 Å². The average molecular weight is 306 g/mol. The van der Waals surface area contributed by atoms with Crippen molar-refractivity contribution in [1.82, 2.24) is 0 Å². The van der Waals surface area contributed by atoms with Crippen molar-refractivity contribution in [3.8, 4) is 0 Å². The minimum Gasteiger partial charge on any atom is -0.458 e. The Hall–Kier alpha value is -1.05. The summed E-state index contributed by atoms with van der Waals surface area (Å²) in [5.41, 5.74) is 0. The van der Waals surface area contributed by atoms with Gasteiger partial charge in [-0.2, -0.15) is 0 Å². The molecule has 0 spiro atoms. The standard InChI is InChI=1S/C20H34O2/c1-3-4-5-6-7-8-9-10-11-12-13-14-15-19(21)20-17-16-18(2)22-20/h16-17H,3-15H2,1-2H3. The zero-order chi connectivity index (χ0) is 16.0. The van der Waals surface area contributed by atoms with Crippen LogP contribution in [0.5, 0.6) is 0 Å². The van der Waals surface area contributed by atoms with E-state index in [1.807, 2.05) is 13.0 Å². The van der Waals surface area contributed by atoms with E-state index >= 15 is 0 Å². The number of Topliss-reactive ketones (excluding diaryl/α,β-unsaturated/α-hetero) is 1. The molecule has 0 aromatic carbocycles. The lowest BCUT2D eigenvalue weighted by atomic mass is 10.0. The zero-order valence-corrected chi connectivity index (χ0v) is 14.7. The van der Waals surface area contributed by atoms with Crippen LogP contribution in [0.3, 0.4) is 0 Å². The van der Waals surface area contributed by atoms with E-state index in [4.69, 9.17) is 4.42 Å². The molecule has 0 aliphatic carbocycles. The number of aryl methyl sites for hydroxylation is 1. The van der Waals surface area contributed by atoms with Crippen molar-refractivity contribution in [3.63, 3.8) is 0 Å². The van der Waals surface area contributed by atoms with Gasteiger partial charge in [0.15, 0.2) is 11.5 Å². The highest BCUT2D eigenvalue weighted by Crippen LogP contribution is 2.14. The topological polar surface area (TPSA) is 30.2 Å². The van der Waals surface area contributed by atoms with E-state index in [-0.39, 0.29) is 5.78 Å². The lowest BCUT2D eigenvalue weighted by Crippen LogP contribution is -1.96. The summed E-state index contributed by atoms with van der Waals surface area (Å²) in [5, 5.41) is 0. The summed E-state index contributed by atoms with van der Waals surface area (Å²) in [6, 6.07) is 3.65. The second-order valence-corrected chi connectivity index (χ2v) is 6.47. The highest BCUT2D eigenvalue weighted by molar-refractivity contribution is 5.93. The predicted octanol–water partition coefficient (Wildman–Crippen LogP) is 6.86. The SMILES string of the molecule is CCCCCCCCCCCCCCC(=O)c1ccc(C)o1. The third-order valence-electron chi connectivity index (χ3n) is 4.27. The first-order valence-corrected chi connectivity index (χ1v) is 9.33. The molecule has 0 saturated heterocycles. The van der Waals surface area contributed by atoms with Crippen LogP contribution in [0.25, 0.3) is 0 Å². The van der Waals surface area contributed by atoms with Crippen molar-refractivity contribution in [2.75, 3.05) is 0 Å². The molecule has 22 heavy (non-hydrogen) atoms. The molecule has 1 aromatic heterocycles. The van der Waals surface area contributed by atoms with Gasteiger partial charge in [0, 0.05) is 6.42 Å². The fourth-order valence-electron chi connectivity index (χ4n) is 2.83. The molecule has 0 bridgehead atoms. The van der Waals surface area contributed by atoms with Crippen LogP contribution in [0.4, 0.5) is 0 Å². The van der Waals surface area contributed by atoms with E-state index < -0.39 is 0 Å². The van der Waals surface area contributed by atoms with E-state index in [1.165, 1.54) is 70.6 Å². The first kappa shape index (κ1) is 19.0. The maximum Gasteiger partial charge on any atom is 0.197 e. The van der Waals surface area contributed by atoms with Crippen LogP contribution in [0.1, 0.15) is 107 Å². The molecular formula is C20H34O2. The van der Waals surface area contributed by atoms with E-state index in [1.54, 1.807) is 6.07 Å². The van der Waals surface area contributed by atoms with Crippen LogP contribution in [-0.2, 0) is 0 Å². The van der Waals surface area contributed by atoms with Gasteiger partial charge in [-0.25, -0.2) is 0 Å². The van der Waals surface area contributed by atoms with Crippen LogP contribution < -0.4 is 0 Å². The molecule has 2 heteroatoms. The Morgan fingerprint density at radius 2 is 1.32 bits per heavy atom. The number of carbonyl (C=O) groups is 1. The van der Waals surface area contributed by atoms with Crippen LogP contribution in [-0.4, -0.2) is 5.78 Å². The molecule has 0 aliphatic heterocycles.